The standard InChI is InChI=1S/C56H42/c1-10-32-56(33-11-1)52-34-40(36-20-24-38(25-21-36)54-48-16-6-2-12-42(48)43-13-3-7-17-49(43)54)28-30-46(52)47-31-29-41(35-53(47)56)37-22-26-39(27-23-37)55-50-18-8-4-14-44(50)45-15-5-9-19-51(45)55/h2-9,12-31,34-35,54-55H,1,10-11,32-33H2. The summed E-state index contributed by atoms with van der Waals surface area (Å²) in [6, 6.07) is 69.4. The predicted octanol–water partition coefficient (Wildman–Crippen LogP) is 14.6. The van der Waals surface area contributed by atoms with Gasteiger partial charge in [-0.15, -0.1) is 0 Å². The average Bonchev–Trinajstić information content (AvgIpc) is 3.88. The van der Waals surface area contributed by atoms with Crippen LogP contribution in [0, 0.1) is 0 Å². The van der Waals surface area contributed by atoms with Gasteiger partial charge in [0.25, 0.3) is 0 Å². The maximum Gasteiger partial charge on any atom is 0.0352 e. The first-order valence-corrected chi connectivity index (χ1v) is 20.6. The molecule has 0 aliphatic heterocycles. The van der Waals surface area contributed by atoms with Crippen molar-refractivity contribution in [2.75, 3.05) is 0 Å². The molecule has 266 valence electrons. The van der Waals surface area contributed by atoms with Crippen LogP contribution in [0.3, 0.4) is 0 Å². The normalized spacial score (nSPS) is 15.9. The Hall–Kier alpha value is -6.24. The quantitative estimate of drug-likeness (QED) is 0.170. The van der Waals surface area contributed by atoms with Gasteiger partial charge in [-0.3, -0.25) is 0 Å². The summed E-state index contributed by atoms with van der Waals surface area (Å²) in [5.74, 6) is 0.552. The first kappa shape index (κ1) is 32.0. The fourth-order valence-electron chi connectivity index (χ4n) is 11.3. The Morgan fingerprint density at radius 1 is 0.304 bits per heavy atom. The van der Waals surface area contributed by atoms with Crippen LogP contribution in [0.15, 0.2) is 182 Å². The lowest BCUT2D eigenvalue weighted by Gasteiger charge is -2.36. The third-order valence-electron chi connectivity index (χ3n) is 13.9. The van der Waals surface area contributed by atoms with Crippen LogP contribution in [0.5, 0.6) is 0 Å². The van der Waals surface area contributed by atoms with E-state index < -0.39 is 0 Å². The molecular formula is C56H42. The van der Waals surface area contributed by atoms with Crippen LogP contribution in [0.25, 0.3) is 55.6 Å². The lowest BCUT2D eigenvalue weighted by molar-refractivity contribution is 0.353. The van der Waals surface area contributed by atoms with Crippen molar-refractivity contribution in [1.82, 2.24) is 0 Å². The minimum absolute atomic E-state index is 0.0728. The lowest BCUT2D eigenvalue weighted by Crippen LogP contribution is -2.28. The minimum Gasteiger partial charge on any atom is -0.0619 e. The van der Waals surface area contributed by atoms with Crippen molar-refractivity contribution in [2.45, 2.75) is 49.4 Å². The first-order valence-electron chi connectivity index (χ1n) is 20.6. The SMILES string of the molecule is c1ccc2c(c1)-c1ccccc1C2c1ccc(-c2ccc3c(c2)C2(CCCCC2)c2cc(-c4ccc(C5c6ccccc6-c6ccccc65)cc4)ccc2-3)cc1. The van der Waals surface area contributed by atoms with Crippen LogP contribution in [0.2, 0.25) is 0 Å². The second-order valence-corrected chi connectivity index (χ2v) is 16.6. The van der Waals surface area contributed by atoms with Crippen molar-refractivity contribution in [3.05, 3.63) is 226 Å². The van der Waals surface area contributed by atoms with E-state index in [4.69, 9.17) is 0 Å². The van der Waals surface area contributed by atoms with Gasteiger partial charge in [-0.05, 0) is 125 Å². The molecule has 0 N–H and O–H groups in total. The Morgan fingerprint density at radius 2 is 0.643 bits per heavy atom. The highest BCUT2D eigenvalue weighted by Crippen LogP contribution is 2.57. The molecule has 0 radical (unpaired) electrons. The molecule has 1 fully saturated rings. The Balaban J connectivity index is 0.881. The Kier molecular flexibility index (Phi) is 7.09. The van der Waals surface area contributed by atoms with E-state index in [1.807, 2.05) is 0 Å². The van der Waals surface area contributed by atoms with Gasteiger partial charge >= 0.3 is 0 Å². The summed E-state index contributed by atoms with van der Waals surface area (Å²) in [5.41, 5.74) is 25.1. The van der Waals surface area contributed by atoms with E-state index in [1.54, 1.807) is 11.1 Å². The number of benzene rings is 8. The molecule has 4 aliphatic rings. The first-order chi connectivity index (χ1) is 27.7. The smallest absolute Gasteiger partial charge is 0.0352 e. The Labute approximate surface area is 330 Å². The van der Waals surface area contributed by atoms with E-state index in [9.17, 15) is 0 Å². The maximum absolute atomic E-state index is 2.56. The average molecular weight is 715 g/mol. The molecular weight excluding hydrogens is 673 g/mol. The molecule has 0 saturated heterocycles. The second kappa shape index (κ2) is 12.4. The summed E-state index contributed by atoms with van der Waals surface area (Å²) in [4.78, 5) is 0. The zero-order valence-electron chi connectivity index (χ0n) is 31.5. The third kappa shape index (κ3) is 4.66. The molecule has 0 bridgehead atoms. The lowest BCUT2D eigenvalue weighted by atomic mass is 9.67. The molecule has 8 aromatic rings. The van der Waals surface area contributed by atoms with Gasteiger partial charge in [0, 0.05) is 17.3 Å². The van der Waals surface area contributed by atoms with Crippen LogP contribution < -0.4 is 0 Å². The molecule has 0 atom stereocenters. The largest absolute Gasteiger partial charge is 0.0619 e. The summed E-state index contributed by atoms with van der Waals surface area (Å²) in [6.45, 7) is 0. The van der Waals surface area contributed by atoms with Crippen molar-refractivity contribution >= 4 is 0 Å². The highest BCUT2D eigenvalue weighted by molar-refractivity contribution is 5.87. The van der Waals surface area contributed by atoms with Crippen LogP contribution in [0.4, 0.5) is 0 Å². The highest BCUT2D eigenvalue weighted by Gasteiger charge is 2.44. The minimum atomic E-state index is 0.0728. The molecule has 12 rings (SSSR count). The molecule has 0 amide bonds. The van der Waals surface area contributed by atoms with Gasteiger partial charge in [0.15, 0.2) is 0 Å². The fourth-order valence-corrected chi connectivity index (χ4v) is 11.3. The van der Waals surface area contributed by atoms with Crippen LogP contribution in [0.1, 0.15) is 88.4 Å². The summed E-state index contributed by atoms with van der Waals surface area (Å²) < 4.78 is 0. The second-order valence-electron chi connectivity index (χ2n) is 16.6. The van der Waals surface area contributed by atoms with Gasteiger partial charge in [-0.25, -0.2) is 0 Å². The molecule has 4 aliphatic carbocycles. The molecule has 1 spiro atoms. The molecule has 0 aromatic heterocycles. The van der Waals surface area contributed by atoms with E-state index >= 15 is 0 Å². The molecule has 0 nitrogen and oxygen atoms in total. The van der Waals surface area contributed by atoms with Gasteiger partial charge < -0.3 is 0 Å². The third-order valence-corrected chi connectivity index (χ3v) is 13.9. The number of hydrogen-bond acceptors (Lipinski definition) is 0. The van der Waals surface area contributed by atoms with Crippen molar-refractivity contribution < 1.29 is 0 Å². The van der Waals surface area contributed by atoms with E-state index in [-0.39, 0.29) is 17.3 Å². The van der Waals surface area contributed by atoms with Gasteiger partial charge in [-0.2, -0.15) is 0 Å². The van der Waals surface area contributed by atoms with Crippen LogP contribution >= 0.6 is 0 Å². The maximum atomic E-state index is 2.56. The fraction of sp³-hybridized carbons (Fsp3) is 0.143. The van der Waals surface area contributed by atoms with E-state index in [0.717, 1.165) is 0 Å². The molecule has 0 heteroatoms. The Bertz CT molecular complexity index is 2550. The zero-order chi connectivity index (χ0) is 36.8. The van der Waals surface area contributed by atoms with Crippen LogP contribution in [-0.4, -0.2) is 0 Å². The van der Waals surface area contributed by atoms with Crippen molar-refractivity contribution in [3.8, 4) is 55.6 Å². The monoisotopic (exact) mass is 714 g/mol. The van der Waals surface area contributed by atoms with Crippen molar-refractivity contribution in [1.29, 1.82) is 0 Å². The van der Waals surface area contributed by atoms with Gasteiger partial charge in [0.05, 0.1) is 0 Å². The van der Waals surface area contributed by atoms with Gasteiger partial charge in [0.2, 0.25) is 0 Å². The summed E-state index contributed by atoms with van der Waals surface area (Å²) >= 11 is 0. The zero-order valence-corrected chi connectivity index (χ0v) is 31.5. The highest BCUT2D eigenvalue weighted by atomic mass is 14.5. The number of hydrogen-bond donors (Lipinski definition) is 0. The van der Waals surface area contributed by atoms with Gasteiger partial charge in [0.1, 0.15) is 0 Å². The Morgan fingerprint density at radius 3 is 1.02 bits per heavy atom. The van der Waals surface area contributed by atoms with Gasteiger partial charge in [-0.1, -0.05) is 189 Å². The van der Waals surface area contributed by atoms with Crippen molar-refractivity contribution in [2.24, 2.45) is 0 Å². The number of fused-ring (bicyclic) bond motifs is 11. The molecule has 8 aromatic carbocycles. The summed E-state index contributed by atoms with van der Waals surface area (Å²) in [7, 11) is 0. The van der Waals surface area contributed by atoms with E-state index in [2.05, 4.69) is 182 Å². The molecule has 56 heavy (non-hydrogen) atoms. The van der Waals surface area contributed by atoms with Crippen molar-refractivity contribution in [3.63, 3.8) is 0 Å². The van der Waals surface area contributed by atoms with E-state index in [1.165, 1.54) is 121 Å². The molecule has 0 heterocycles. The molecule has 1 saturated carbocycles. The predicted molar refractivity (Wildman–Crippen MR) is 232 cm³/mol. The van der Waals surface area contributed by atoms with Crippen LogP contribution in [-0.2, 0) is 5.41 Å². The summed E-state index contributed by atoms with van der Waals surface area (Å²) in [5, 5.41) is 0. The summed E-state index contributed by atoms with van der Waals surface area (Å²) in [6.07, 6.45) is 6.34. The number of rotatable bonds is 4. The van der Waals surface area contributed by atoms with E-state index in [0.29, 0.717) is 0 Å². The molecule has 0 unspecified atom stereocenters. The topological polar surface area (TPSA) is 0 Å².